The lowest BCUT2D eigenvalue weighted by Crippen LogP contribution is -2.43. The van der Waals surface area contributed by atoms with Crippen LogP contribution in [0.5, 0.6) is 0 Å². The minimum Gasteiger partial charge on any atom is -0.480 e. The number of likely N-dealkylation sites (tertiary alicyclic amines) is 1. The Kier molecular flexibility index (Phi) is 3.21. The van der Waals surface area contributed by atoms with Crippen LogP contribution >= 0.6 is 0 Å². The lowest BCUT2D eigenvalue weighted by Gasteiger charge is -2.23. The SMILES string of the molecule is O=C(O)C1C2CCCC2CN1C(=O)c1cc(-c2ccco2)[nH]n1. The van der Waals surface area contributed by atoms with E-state index in [4.69, 9.17) is 4.42 Å². The van der Waals surface area contributed by atoms with Gasteiger partial charge in [-0.2, -0.15) is 5.10 Å². The summed E-state index contributed by atoms with van der Waals surface area (Å²) in [6.45, 7) is 0.503. The average molecular weight is 315 g/mol. The van der Waals surface area contributed by atoms with Gasteiger partial charge in [-0.05, 0) is 36.8 Å². The maximum Gasteiger partial charge on any atom is 0.326 e. The molecular weight excluding hydrogens is 298 g/mol. The molecule has 3 heterocycles. The summed E-state index contributed by atoms with van der Waals surface area (Å²) in [6, 6.07) is 4.38. The Hall–Kier alpha value is -2.57. The summed E-state index contributed by atoms with van der Waals surface area (Å²) < 4.78 is 5.27. The van der Waals surface area contributed by atoms with Crippen molar-refractivity contribution in [1.29, 1.82) is 0 Å². The van der Waals surface area contributed by atoms with Gasteiger partial charge in [-0.3, -0.25) is 9.89 Å². The summed E-state index contributed by atoms with van der Waals surface area (Å²) >= 11 is 0. The second-order valence-electron chi connectivity index (χ2n) is 6.24. The molecule has 3 unspecified atom stereocenters. The van der Waals surface area contributed by atoms with Crippen molar-refractivity contribution in [3.8, 4) is 11.5 Å². The number of nitrogens with zero attached hydrogens (tertiary/aromatic N) is 2. The van der Waals surface area contributed by atoms with Crippen LogP contribution in [-0.2, 0) is 4.79 Å². The smallest absolute Gasteiger partial charge is 0.326 e. The number of aromatic nitrogens is 2. The molecule has 120 valence electrons. The molecule has 1 saturated heterocycles. The number of carbonyl (C=O) groups is 2. The molecule has 2 fully saturated rings. The van der Waals surface area contributed by atoms with Crippen molar-refractivity contribution >= 4 is 11.9 Å². The maximum absolute atomic E-state index is 12.7. The van der Waals surface area contributed by atoms with E-state index in [9.17, 15) is 14.7 Å². The van der Waals surface area contributed by atoms with Crippen LogP contribution in [0.4, 0.5) is 0 Å². The highest BCUT2D eigenvalue weighted by molar-refractivity contribution is 5.96. The topological polar surface area (TPSA) is 99.4 Å². The zero-order chi connectivity index (χ0) is 16.0. The van der Waals surface area contributed by atoms with Crippen molar-refractivity contribution in [2.24, 2.45) is 11.8 Å². The number of nitrogens with one attached hydrogen (secondary N) is 1. The Bertz CT molecular complexity index is 736. The van der Waals surface area contributed by atoms with Crippen LogP contribution in [-0.4, -0.2) is 44.7 Å². The van der Waals surface area contributed by atoms with E-state index in [0.717, 1.165) is 19.3 Å². The third-order valence-electron chi connectivity index (χ3n) is 4.99. The van der Waals surface area contributed by atoms with Crippen LogP contribution in [0, 0.1) is 11.8 Å². The van der Waals surface area contributed by atoms with E-state index in [0.29, 0.717) is 23.9 Å². The molecule has 23 heavy (non-hydrogen) atoms. The first kappa shape index (κ1) is 14.0. The van der Waals surface area contributed by atoms with E-state index in [-0.39, 0.29) is 17.5 Å². The fraction of sp³-hybridized carbons (Fsp3) is 0.438. The second kappa shape index (κ2) is 5.26. The summed E-state index contributed by atoms with van der Waals surface area (Å²) in [4.78, 5) is 25.8. The zero-order valence-electron chi connectivity index (χ0n) is 12.4. The van der Waals surface area contributed by atoms with Crippen molar-refractivity contribution in [3.63, 3.8) is 0 Å². The van der Waals surface area contributed by atoms with Crippen molar-refractivity contribution in [2.45, 2.75) is 25.3 Å². The van der Waals surface area contributed by atoms with Crippen LogP contribution < -0.4 is 0 Å². The summed E-state index contributed by atoms with van der Waals surface area (Å²) in [7, 11) is 0. The number of amides is 1. The van der Waals surface area contributed by atoms with Gasteiger partial charge in [0.25, 0.3) is 5.91 Å². The highest BCUT2D eigenvalue weighted by atomic mass is 16.4. The number of fused-ring (bicyclic) bond motifs is 1. The Labute approximate surface area is 132 Å². The molecule has 2 N–H and O–H groups in total. The number of hydrogen-bond acceptors (Lipinski definition) is 4. The van der Waals surface area contributed by atoms with E-state index in [1.54, 1.807) is 24.5 Å². The van der Waals surface area contributed by atoms with Crippen molar-refractivity contribution in [2.75, 3.05) is 6.54 Å². The summed E-state index contributed by atoms with van der Waals surface area (Å²) in [5.41, 5.74) is 0.826. The monoisotopic (exact) mass is 315 g/mol. The van der Waals surface area contributed by atoms with Gasteiger partial charge >= 0.3 is 5.97 Å². The number of aliphatic carboxylic acids is 1. The van der Waals surface area contributed by atoms with Gasteiger partial charge in [0.1, 0.15) is 11.7 Å². The molecule has 4 rings (SSSR count). The minimum absolute atomic E-state index is 0.0694. The average Bonchev–Trinajstić information content (AvgIpc) is 3.26. The molecule has 3 atom stereocenters. The molecule has 2 aromatic heterocycles. The molecule has 1 aliphatic heterocycles. The zero-order valence-corrected chi connectivity index (χ0v) is 12.4. The second-order valence-corrected chi connectivity index (χ2v) is 6.24. The molecule has 1 amide bonds. The van der Waals surface area contributed by atoms with Crippen LogP contribution in [0.2, 0.25) is 0 Å². The highest BCUT2D eigenvalue weighted by Gasteiger charge is 2.49. The van der Waals surface area contributed by atoms with Gasteiger partial charge in [0.15, 0.2) is 11.5 Å². The van der Waals surface area contributed by atoms with Crippen LogP contribution in [0.15, 0.2) is 28.9 Å². The number of H-pyrrole nitrogens is 1. The Morgan fingerprint density at radius 1 is 1.39 bits per heavy atom. The van der Waals surface area contributed by atoms with Crippen LogP contribution in [0.25, 0.3) is 11.5 Å². The van der Waals surface area contributed by atoms with Gasteiger partial charge in [0.05, 0.1) is 6.26 Å². The van der Waals surface area contributed by atoms with E-state index >= 15 is 0 Å². The first-order valence-corrected chi connectivity index (χ1v) is 7.78. The predicted octanol–water partition coefficient (Wildman–Crippen LogP) is 1.99. The largest absolute Gasteiger partial charge is 0.480 e. The molecule has 7 nitrogen and oxygen atoms in total. The maximum atomic E-state index is 12.7. The third kappa shape index (κ3) is 2.23. The number of hydrogen-bond donors (Lipinski definition) is 2. The minimum atomic E-state index is -0.922. The molecule has 1 aliphatic carbocycles. The normalized spacial score (nSPS) is 26.4. The molecule has 0 radical (unpaired) electrons. The first-order chi connectivity index (χ1) is 11.1. The third-order valence-corrected chi connectivity index (χ3v) is 4.99. The van der Waals surface area contributed by atoms with Crippen LogP contribution in [0.1, 0.15) is 29.8 Å². The molecule has 2 aliphatic rings. The molecule has 7 heteroatoms. The van der Waals surface area contributed by atoms with Crippen molar-refractivity contribution in [1.82, 2.24) is 15.1 Å². The van der Waals surface area contributed by atoms with Gasteiger partial charge in [-0.25, -0.2) is 4.79 Å². The number of aromatic amines is 1. The number of rotatable bonds is 3. The highest BCUT2D eigenvalue weighted by Crippen LogP contribution is 2.42. The van der Waals surface area contributed by atoms with Crippen LogP contribution in [0.3, 0.4) is 0 Å². The molecule has 2 aromatic rings. The fourth-order valence-electron chi connectivity index (χ4n) is 3.97. The van der Waals surface area contributed by atoms with E-state index in [1.807, 2.05) is 0 Å². The van der Waals surface area contributed by atoms with Gasteiger partial charge in [0.2, 0.25) is 0 Å². The number of carboxylic acid groups (broad SMARTS) is 1. The van der Waals surface area contributed by atoms with E-state index in [1.165, 1.54) is 4.90 Å². The Morgan fingerprint density at radius 3 is 3.00 bits per heavy atom. The van der Waals surface area contributed by atoms with E-state index < -0.39 is 12.0 Å². The van der Waals surface area contributed by atoms with E-state index in [2.05, 4.69) is 10.2 Å². The standard InChI is InChI=1S/C16H17N3O4/c20-15(12-7-11(17-18-12)13-5-2-6-23-13)19-8-9-3-1-4-10(9)14(19)16(21)22/h2,5-7,9-10,14H,1,3-4,8H2,(H,17,18)(H,21,22). The number of carbonyl (C=O) groups excluding carboxylic acids is 1. The summed E-state index contributed by atoms with van der Waals surface area (Å²) in [5.74, 6) is -0.302. The first-order valence-electron chi connectivity index (χ1n) is 7.78. The molecule has 1 saturated carbocycles. The molecule has 0 spiro atoms. The molecular formula is C16H17N3O4. The van der Waals surface area contributed by atoms with Gasteiger partial charge in [-0.15, -0.1) is 0 Å². The summed E-state index contributed by atoms with van der Waals surface area (Å²) in [5, 5.41) is 16.3. The van der Waals surface area contributed by atoms with Gasteiger partial charge < -0.3 is 14.4 Å². The van der Waals surface area contributed by atoms with Gasteiger partial charge in [-0.1, -0.05) is 6.42 Å². The lowest BCUT2D eigenvalue weighted by molar-refractivity contribution is -0.142. The van der Waals surface area contributed by atoms with Crippen molar-refractivity contribution in [3.05, 3.63) is 30.2 Å². The number of furan rings is 1. The van der Waals surface area contributed by atoms with Gasteiger partial charge in [0, 0.05) is 12.6 Å². The van der Waals surface area contributed by atoms with Crippen molar-refractivity contribution < 1.29 is 19.1 Å². The summed E-state index contributed by atoms with van der Waals surface area (Å²) in [6.07, 6.45) is 4.46. The predicted molar refractivity (Wildman–Crippen MR) is 79.6 cm³/mol. The number of carboxylic acids is 1. The fourth-order valence-corrected chi connectivity index (χ4v) is 3.97. The molecule has 0 aromatic carbocycles. The molecule has 0 bridgehead atoms. The Morgan fingerprint density at radius 2 is 2.26 bits per heavy atom. The lowest BCUT2D eigenvalue weighted by atomic mass is 9.94. The quantitative estimate of drug-likeness (QED) is 0.902. The Balaban J connectivity index is 1.60.